The maximum absolute atomic E-state index is 12.8. The van der Waals surface area contributed by atoms with Gasteiger partial charge in [0, 0.05) is 17.9 Å². The van der Waals surface area contributed by atoms with Crippen LogP contribution in [-0.4, -0.2) is 14.1 Å². The zero-order chi connectivity index (χ0) is 20.1. The molecule has 0 aliphatic rings. The van der Waals surface area contributed by atoms with Crippen molar-refractivity contribution < 1.29 is 9.22 Å². The molecule has 0 spiro atoms. The molecular weight excluding hydrogens is 348 g/mol. The first-order valence-electron chi connectivity index (χ1n) is 9.61. The van der Waals surface area contributed by atoms with Crippen LogP contribution in [0, 0.1) is 0 Å². The second-order valence-corrected chi connectivity index (χ2v) is 13.4. The summed E-state index contributed by atoms with van der Waals surface area (Å²) in [5.74, 6) is 1.07. The zero-order valence-electron chi connectivity index (χ0n) is 17.5. The average molecular weight is 381 g/mol. The third-order valence-corrected chi connectivity index (χ3v) is 9.83. The Morgan fingerprint density at radius 3 is 2.04 bits per heavy atom. The molecule has 0 aliphatic carbocycles. The lowest BCUT2D eigenvalue weighted by Crippen LogP contribution is -2.40. The molecule has 3 heteroatoms. The molecule has 0 aromatic heterocycles. The van der Waals surface area contributed by atoms with E-state index in [1.54, 1.807) is 0 Å². The fourth-order valence-electron chi connectivity index (χ4n) is 2.79. The number of hydrogen-bond acceptors (Lipinski definition) is 2. The van der Waals surface area contributed by atoms with Gasteiger partial charge in [0.15, 0.2) is 5.78 Å². The molecule has 0 radical (unpaired) electrons. The van der Waals surface area contributed by atoms with E-state index in [0.717, 1.165) is 16.9 Å². The van der Waals surface area contributed by atoms with Crippen molar-refractivity contribution in [3.05, 3.63) is 83.6 Å². The Morgan fingerprint density at radius 2 is 1.52 bits per heavy atom. The van der Waals surface area contributed by atoms with E-state index in [4.69, 9.17) is 4.43 Å². The number of carbonyl (C=O) groups excluding carboxylic acids is 1. The van der Waals surface area contributed by atoms with E-state index in [-0.39, 0.29) is 16.7 Å². The summed E-state index contributed by atoms with van der Waals surface area (Å²) in [7, 11) is -1.89. The molecule has 2 aromatic rings. The van der Waals surface area contributed by atoms with Crippen LogP contribution in [-0.2, 0) is 4.43 Å². The Bertz CT molecular complexity index is 771. The molecule has 0 bridgehead atoms. The van der Waals surface area contributed by atoms with Crippen LogP contribution in [0.2, 0.25) is 18.1 Å². The summed E-state index contributed by atoms with van der Waals surface area (Å²) >= 11 is 0. The molecule has 2 aromatic carbocycles. The summed E-state index contributed by atoms with van der Waals surface area (Å²) in [6.45, 7) is 13.2. The first kappa shape index (κ1) is 21.2. The van der Waals surface area contributed by atoms with Crippen molar-refractivity contribution in [3.8, 4) is 0 Å². The van der Waals surface area contributed by atoms with Gasteiger partial charge in [-0.25, -0.2) is 0 Å². The summed E-state index contributed by atoms with van der Waals surface area (Å²) < 4.78 is 6.43. The van der Waals surface area contributed by atoms with Crippen LogP contribution in [0.1, 0.15) is 56.0 Å². The quantitative estimate of drug-likeness (QED) is 0.294. The predicted octanol–water partition coefficient (Wildman–Crippen LogP) is 6.97. The third-order valence-electron chi connectivity index (χ3n) is 5.39. The largest absolute Gasteiger partial charge is 0.547 e. The number of allylic oxidation sites excluding steroid dienone is 2. The molecule has 0 heterocycles. The van der Waals surface area contributed by atoms with E-state index in [9.17, 15) is 4.79 Å². The van der Waals surface area contributed by atoms with Crippen molar-refractivity contribution >= 4 is 14.1 Å². The molecule has 1 atom stereocenters. The Kier molecular flexibility index (Phi) is 6.82. The number of hydrogen-bond donors (Lipinski definition) is 0. The van der Waals surface area contributed by atoms with Crippen LogP contribution in [0.5, 0.6) is 0 Å². The summed E-state index contributed by atoms with van der Waals surface area (Å²) in [4.78, 5) is 12.8. The zero-order valence-corrected chi connectivity index (χ0v) is 18.5. The minimum Gasteiger partial charge on any atom is -0.547 e. The monoisotopic (exact) mass is 380 g/mol. The fourth-order valence-corrected chi connectivity index (χ4v) is 3.97. The van der Waals surface area contributed by atoms with Crippen LogP contribution in [0.15, 0.2) is 72.5 Å². The van der Waals surface area contributed by atoms with Gasteiger partial charge in [-0.1, -0.05) is 81.4 Å². The summed E-state index contributed by atoms with van der Waals surface area (Å²) in [5, 5.41) is 0.143. The Balaban J connectivity index is 2.27. The van der Waals surface area contributed by atoms with Gasteiger partial charge in [0.2, 0.25) is 8.32 Å². The Hall–Kier alpha value is -2.13. The van der Waals surface area contributed by atoms with Gasteiger partial charge < -0.3 is 4.43 Å². The predicted molar refractivity (Wildman–Crippen MR) is 117 cm³/mol. The molecule has 0 N–H and O–H groups in total. The minimum atomic E-state index is -1.89. The molecule has 27 heavy (non-hydrogen) atoms. The highest BCUT2D eigenvalue weighted by Gasteiger charge is 2.39. The topological polar surface area (TPSA) is 26.3 Å². The second-order valence-electron chi connectivity index (χ2n) is 8.65. The maximum atomic E-state index is 12.8. The molecule has 0 fully saturated rings. The van der Waals surface area contributed by atoms with Gasteiger partial charge in [0.1, 0.15) is 0 Å². The van der Waals surface area contributed by atoms with Gasteiger partial charge >= 0.3 is 0 Å². The lowest BCUT2D eigenvalue weighted by Gasteiger charge is -2.37. The van der Waals surface area contributed by atoms with Crippen molar-refractivity contribution in [2.24, 2.45) is 0 Å². The summed E-state index contributed by atoms with van der Waals surface area (Å²) in [6.07, 6.45) is 2.56. The van der Waals surface area contributed by atoms with Gasteiger partial charge in [-0.15, -0.1) is 0 Å². The summed E-state index contributed by atoms with van der Waals surface area (Å²) in [6, 6.07) is 19.7. The Morgan fingerprint density at radius 1 is 1.00 bits per heavy atom. The molecule has 0 amide bonds. The van der Waals surface area contributed by atoms with Crippen molar-refractivity contribution in [1.29, 1.82) is 0 Å². The lowest BCUT2D eigenvalue weighted by molar-refractivity contribution is 0.0978. The van der Waals surface area contributed by atoms with Crippen molar-refractivity contribution in [2.75, 3.05) is 0 Å². The molecule has 144 valence electrons. The number of Topliss-reactive ketones (excluding diaryl/α,β-unsaturated/α-hetero) is 1. The van der Waals surface area contributed by atoms with Crippen LogP contribution < -0.4 is 0 Å². The highest BCUT2D eigenvalue weighted by atomic mass is 28.4. The van der Waals surface area contributed by atoms with Gasteiger partial charge in [-0.3, -0.25) is 4.79 Å². The number of carbonyl (C=O) groups is 1. The average Bonchev–Trinajstić information content (AvgIpc) is 2.61. The first-order valence-corrected chi connectivity index (χ1v) is 12.5. The molecule has 2 nitrogen and oxygen atoms in total. The normalized spacial score (nSPS) is 13.9. The SMILES string of the molecule is CC(=CC(CC(=O)c1ccccc1)c1ccccc1)O[Si](C)(C)C(C)(C)C. The number of ketones is 1. The standard InChI is InChI=1S/C24H32O2Si/c1-19(26-27(5,6)24(2,3)4)17-22(20-13-9-7-10-14-20)18-23(25)21-15-11-8-12-16-21/h7-17,22H,18H2,1-6H3. The van der Waals surface area contributed by atoms with Gasteiger partial charge in [0.05, 0.1) is 5.76 Å². The molecule has 1 unspecified atom stereocenters. The highest BCUT2D eigenvalue weighted by molar-refractivity contribution is 6.74. The van der Waals surface area contributed by atoms with Crippen LogP contribution in [0.25, 0.3) is 0 Å². The smallest absolute Gasteiger partial charge is 0.250 e. The van der Waals surface area contributed by atoms with Crippen LogP contribution in [0.3, 0.4) is 0 Å². The van der Waals surface area contributed by atoms with E-state index in [2.05, 4.69) is 52.1 Å². The van der Waals surface area contributed by atoms with Crippen LogP contribution in [0.4, 0.5) is 0 Å². The van der Waals surface area contributed by atoms with Gasteiger partial charge in [-0.2, -0.15) is 0 Å². The number of rotatable bonds is 7. The third kappa shape index (κ3) is 5.93. The van der Waals surface area contributed by atoms with E-state index in [1.807, 2.05) is 55.5 Å². The minimum absolute atomic E-state index is 0.00340. The van der Waals surface area contributed by atoms with E-state index >= 15 is 0 Å². The first-order chi connectivity index (χ1) is 12.6. The highest BCUT2D eigenvalue weighted by Crippen LogP contribution is 2.38. The molecule has 0 saturated heterocycles. The lowest BCUT2D eigenvalue weighted by atomic mass is 9.91. The molecule has 0 saturated carbocycles. The molecular formula is C24H32O2Si. The number of benzene rings is 2. The van der Waals surface area contributed by atoms with Crippen molar-refractivity contribution in [3.63, 3.8) is 0 Å². The van der Waals surface area contributed by atoms with Gasteiger partial charge in [0.25, 0.3) is 0 Å². The van der Waals surface area contributed by atoms with E-state index in [1.165, 1.54) is 0 Å². The van der Waals surface area contributed by atoms with E-state index in [0.29, 0.717) is 6.42 Å². The van der Waals surface area contributed by atoms with Crippen molar-refractivity contribution in [2.45, 2.75) is 58.2 Å². The van der Waals surface area contributed by atoms with Crippen molar-refractivity contribution in [1.82, 2.24) is 0 Å². The summed E-state index contributed by atoms with van der Waals surface area (Å²) in [5.41, 5.74) is 1.90. The Labute approximate surface area is 165 Å². The van der Waals surface area contributed by atoms with Gasteiger partial charge in [-0.05, 0) is 36.7 Å². The molecule has 0 aliphatic heterocycles. The fraction of sp³-hybridized carbons (Fsp3) is 0.375. The van der Waals surface area contributed by atoms with Crippen LogP contribution >= 0.6 is 0 Å². The second kappa shape index (κ2) is 8.70. The van der Waals surface area contributed by atoms with E-state index < -0.39 is 8.32 Å². The maximum Gasteiger partial charge on any atom is 0.250 e. The molecule has 2 rings (SSSR count).